The molecule has 0 amide bonds. The highest BCUT2D eigenvalue weighted by atomic mass is 127. The summed E-state index contributed by atoms with van der Waals surface area (Å²) in [6.45, 7) is 0. The predicted molar refractivity (Wildman–Crippen MR) is 55.2 cm³/mol. The lowest BCUT2D eigenvalue weighted by molar-refractivity contribution is 0.460. The van der Waals surface area contributed by atoms with Gasteiger partial charge in [0.1, 0.15) is 0 Å². The molecule has 2 saturated carbocycles. The Balaban J connectivity index is 1.81. The molecule has 0 aliphatic heterocycles. The highest BCUT2D eigenvalue weighted by molar-refractivity contribution is 14.1. The Morgan fingerprint density at radius 3 is 2.38 bits per heavy atom. The quantitative estimate of drug-likeness (QED) is 0.746. The molecule has 3 nitrogen and oxygen atoms in total. The van der Waals surface area contributed by atoms with Crippen LogP contribution in [0.25, 0.3) is 0 Å². The summed E-state index contributed by atoms with van der Waals surface area (Å²) in [5.74, 6) is 3.23. The Morgan fingerprint density at radius 2 is 1.85 bits per heavy atom. The second-order valence-corrected chi connectivity index (χ2v) is 4.95. The molecule has 0 aromatic carbocycles. The van der Waals surface area contributed by atoms with E-state index >= 15 is 0 Å². The third-order valence-corrected chi connectivity index (χ3v) is 3.79. The first-order valence-corrected chi connectivity index (χ1v) is 5.93. The molecule has 0 radical (unpaired) electrons. The van der Waals surface area contributed by atoms with Crippen LogP contribution in [0.15, 0.2) is 4.42 Å². The topological polar surface area (TPSA) is 38.9 Å². The monoisotopic (exact) mass is 290 g/mol. The van der Waals surface area contributed by atoms with Gasteiger partial charge in [-0.1, -0.05) is 12.8 Å². The Kier molecular flexibility index (Phi) is 1.85. The van der Waals surface area contributed by atoms with Crippen LogP contribution in [0.3, 0.4) is 0 Å². The summed E-state index contributed by atoms with van der Waals surface area (Å²) in [7, 11) is 0. The Hall–Kier alpha value is -0.130. The largest absolute Gasteiger partial charge is 0.416 e. The number of fused-ring (bicyclic) bond motifs is 1. The van der Waals surface area contributed by atoms with Gasteiger partial charge in [0, 0.05) is 28.5 Å². The summed E-state index contributed by atoms with van der Waals surface area (Å²) in [5.41, 5.74) is 0. The second kappa shape index (κ2) is 2.93. The van der Waals surface area contributed by atoms with Crippen LogP contribution < -0.4 is 0 Å². The smallest absolute Gasteiger partial charge is 0.278 e. The predicted octanol–water partition coefficient (Wildman–Crippen LogP) is 2.58. The van der Waals surface area contributed by atoms with Crippen molar-refractivity contribution in [1.29, 1.82) is 0 Å². The lowest BCUT2D eigenvalue weighted by Gasteiger charge is -2.04. The number of hydrogen-bond donors (Lipinski definition) is 0. The maximum atomic E-state index is 5.46. The van der Waals surface area contributed by atoms with E-state index in [9.17, 15) is 0 Å². The summed E-state index contributed by atoms with van der Waals surface area (Å²) in [6.07, 6.45) is 5.52. The fourth-order valence-electron chi connectivity index (χ4n) is 2.71. The molecule has 4 heteroatoms. The van der Waals surface area contributed by atoms with Crippen molar-refractivity contribution in [3.05, 3.63) is 9.79 Å². The Morgan fingerprint density at radius 1 is 1.15 bits per heavy atom. The van der Waals surface area contributed by atoms with Crippen molar-refractivity contribution in [3.63, 3.8) is 0 Å². The molecule has 2 aliphatic rings. The standard InChI is InChI=1S/C9H11IN2O/c10-9-12-11-8(13-9)7-5-3-1-2-4-6(5)7/h5-7H,1-4H2. The number of aromatic nitrogens is 2. The van der Waals surface area contributed by atoms with E-state index in [1.54, 1.807) is 0 Å². The summed E-state index contributed by atoms with van der Waals surface area (Å²) in [4.78, 5) is 0. The van der Waals surface area contributed by atoms with Gasteiger partial charge < -0.3 is 4.42 Å². The third-order valence-electron chi connectivity index (χ3n) is 3.36. The van der Waals surface area contributed by atoms with Gasteiger partial charge in [0.25, 0.3) is 3.90 Å². The number of halogens is 1. The molecule has 0 N–H and O–H groups in total. The molecule has 3 rings (SSSR count). The van der Waals surface area contributed by atoms with Crippen molar-refractivity contribution < 1.29 is 4.42 Å². The van der Waals surface area contributed by atoms with Crippen LogP contribution >= 0.6 is 22.6 Å². The molecule has 13 heavy (non-hydrogen) atoms. The van der Waals surface area contributed by atoms with Crippen LogP contribution in [0.5, 0.6) is 0 Å². The van der Waals surface area contributed by atoms with E-state index in [-0.39, 0.29) is 0 Å². The van der Waals surface area contributed by atoms with Gasteiger partial charge in [-0.2, -0.15) is 0 Å². The van der Waals surface area contributed by atoms with Gasteiger partial charge in [-0.3, -0.25) is 0 Å². The summed E-state index contributed by atoms with van der Waals surface area (Å²) >= 11 is 2.08. The van der Waals surface area contributed by atoms with Crippen LogP contribution in [0.4, 0.5) is 0 Å². The fraction of sp³-hybridized carbons (Fsp3) is 0.778. The van der Waals surface area contributed by atoms with Crippen LogP contribution in [0.2, 0.25) is 0 Å². The zero-order chi connectivity index (χ0) is 8.84. The minimum Gasteiger partial charge on any atom is -0.416 e. The van der Waals surface area contributed by atoms with E-state index in [0.717, 1.165) is 17.7 Å². The normalized spacial score (nSPS) is 37.2. The van der Waals surface area contributed by atoms with Crippen molar-refractivity contribution in [2.45, 2.75) is 31.6 Å². The molecule has 70 valence electrons. The van der Waals surface area contributed by atoms with Gasteiger partial charge in [-0.15, -0.1) is 10.2 Å². The zero-order valence-corrected chi connectivity index (χ0v) is 9.40. The Labute approximate surface area is 90.4 Å². The second-order valence-electron chi connectivity index (χ2n) is 4.03. The molecule has 1 heterocycles. The molecule has 2 unspecified atom stereocenters. The molecule has 1 aromatic heterocycles. The van der Waals surface area contributed by atoms with Gasteiger partial charge in [-0.05, 0) is 24.7 Å². The molecule has 0 spiro atoms. The van der Waals surface area contributed by atoms with Gasteiger partial charge in [0.05, 0.1) is 0 Å². The van der Waals surface area contributed by atoms with E-state index in [2.05, 4.69) is 32.8 Å². The summed E-state index contributed by atoms with van der Waals surface area (Å²) in [5, 5.41) is 7.98. The highest BCUT2D eigenvalue weighted by Crippen LogP contribution is 2.60. The maximum Gasteiger partial charge on any atom is 0.278 e. The van der Waals surface area contributed by atoms with Crippen molar-refractivity contribution in [3.8, 4) is 0 Å². The SMILES string of the molecule is Ic1nnc(C2C3CCCCC32)o1. The average Bonchev–Trinajstić information content (AvgIpc) is 2.73. The molecule has 2 atom stereocenters. The molecule has 1 aromatic rings. The molecule has 0 bridgehead atoms. The van der Waals surface area contributed by atoms with Crippen molar-refractivity contribution >= 4 is 22.6 Å². The van der Waals surface area contributed by atoms with Crippen molar-refractivity contribution in [1.82, 2.24) is 10.2 Å². The molecule has 0 saturated heterocycles. The van der Waals surface area contributed by atoms with E-state index in [4.69, 9.17) is 4.42 Å². The minimum atomic E-state index is 0.610. The summed E-state index contributed by atoms with van der Waals surface area (Å²) in [6, 6.07) is 0. The molecular weight excluding hydrogens is 279 g/mol. The first-order chi connectivity index (χ1) is 6.36. The Bertz CT molecular complexity index is 313. The number of hydrogen-bond acceptors (Lipinski definition) is 3. The van der Waals surface area contributed by atoms with E-state index < -0.39 is 0 Å². The lowest BCUT2D eigenvalue weighted by Crippen LogP contribution is -1.91. The highest BCUT2D eigenvalue weighted by Gasteiger charge is 2.54. The lowest BCUT2D eigenvalue weighted by atomic mass is 10.0. The van der Waals surface area contributed by atoms with Crippen molar-refractivity contribution in [2.75, 3.05) is 0 Å². The first kappa shape index (κ1) is 8.20. The summed E-state index contributed by atoms with van der Waals surface area (Å²) < 4.78 is 6.14. The van der Waals surface area contributed by atoms with E-state index in [0.29, 0.717) is 9.82 Å². The third kappa shape index (κ3) is 1.30. The van der Waals surface area contributed by atoms with Gasteiger partial charge >= 0.3 is 0 Å². The van der Waals surface area contributed by atoms with Crippen LogP contribution in [-0.2, 0) is 0 Å². The van der Waals surface area contributed by atoms with E-state index in [1.165, 1.54) is 25.7 Å². The van der Waals surface area contributed by atoms with Gasteiger partial charge in [0.15, 0.2) is 0 Å². The molecular formula is C9H11IN2O. The molecule has 2 fully saturated rings. The minimum absolute atomic E-state index is 0.610. The average molecular weight is 290 g/mol. The zero-order valence-electron chi connectivity index (χ0n) is 7.24. The van der Waals surface area contributed by atoms with Gasteiger partial charge in [-0.25, -0.2) is 0 Å². The number of rotatable bonds is 1. The van der Waals surface area contributed by atoms with Crippen molar-refractivity contribution in [2.24, 2.45) is 11.8 Å². The van der Waals surface area contributed by atoms with Crippen LogP contribution in [0.1, 0.15) is 37.5 Å². The van der Waals surface area contributed by atoms with E-state index in [1.807, 2.05) is 0 Å². The fourth-order valence-corrected chi connectivity index (χ4v) is 3.04. The van der Waals surface area contributed by atoms with Crippen LogP contribution in [-0.4, -0.2) is 10.2 Å². The number of nitrogens with zero attached hydrogens (tertiary/aromatic N) is 2. The molecule has 2 aliphatic carbocycles. The van der Waals surface area contributed by atoms with Crippen LogP contribution in [0, 0.1) is 15.7 Å². The van der Waals surface area contributed by atoms with Gasteiger partial charge in [0.2, 0.25) is 5.89 Å². The maximum absolute atomic E-state index is 5.46. The first-order valence-electron chi connectivity index (χ1n) is 4.85.